The van der Waals surface area contributed by atoms with E-state index < -0.39 is 0 Å². The highest BCUT2D eigenvalue weighted by atomic mass is 79.9. The van der Waals surface area contributed by atoms with Gasteiger partial charge in [-0.2, -0.15) is 0 Å². The van der Waals surface area contributed by atoms with Crippen LogP contribution in [0.15, 0.2) is 51.4 Å². The van der Waals surface area contributed by atoms with Crippen LogP contribution in [0, 0.1) is 0 Å². The highest BCUT2D eigenvalue weighted by Crippen LogP contribution is 2.36. The van der Waals surface area contributed by atoms with Gasteiger partial charge < -0.3 is 9.30 Å². The maximum atomic E-state index is 5.50. The van der Waals surface area contributed by atoms with E-state index in [0.717, 1.165) is 54.8 Å². The van der Waals surface area contributed by atoms with Crippen molar-refractivity contribution in [3.05, 3.63) is 68.2 Å². The average molecular weight is 502 g/mol. The zero-order chi connectivity index (χ0) is 19.1. The Hall–Kier alpha value is -1.40. The molecular formula is C23H22Br2N2O. The van der Waals surface area contributed by atoms with Crippen molar-refractivity contribution in [1.29, 1.82) is 0 Å². The lowest BCUT2D eigenvalue weighted by atomic mass is 10.1. The average Bonchev–Trinajstić information content (AvgIpc) is 3.27. The molecule has 5 heteroatoms. The lowest BCUT2D eigenvalue weighted by Gasteiger charge is -2.27. The van der Waals surface area contributed by atoms with Gasteiger partial charge in [-0.05, 0) is 59.2 Å². The molecule has 5 rings (SSSR count). The zero-order valence-corrected chi connectivity index (χ0v) is 18.8. The monoisotopic (exact) mass is 500 g/mol. The number of ether oxygens (including phenoxy) is 1. The third kappa shape index (κ3) is 3.61. The van der Waals surface area contributed by atoms with E-state index in [1.165, 1.54) is 33.3 Å². The van der Waals surface area contributed by atoms with Crippen molar-refractivity contribution in [2.24, 2.45) is 0 Å². The van der Waals surface area contributed by atoms with Crippen LogP contribution < -0.4 is 0 Å². The molecule has 3 nitrogen and oxygen atoms in total. The number of nitrogens with zero attached hydrogens (tertiary/aromatic N) is 2. The third-order valence-electron chi connectivity index (χ3n) is 5.75. The Morgan fingerprint density at radius 1 is 0.893 bits per heavy atom. The molecular weight excluding hydrogens is 480 g/mol. The van der Waals surface area contributed by atoms with Gasteiger partial charge in [0, 0.05) is 58.1 Å². The number of allylic oxidation sites excluding steroid dienone is 1. The lowest BCUT2D eigenvalue weighted by Crippen LogP contribution is -2.38. The van der Waals surface area contributed by atoms with E-state index in [2.05, 4.69) is 89.9 Å². The molecule has 2 aliphatic rings. The topological polar surface area (TPSA) is 17.4 Å². The number of aromatic nitrogens is 1. The molecule has 1 aliphatic carbocycles. The quantitative estimate of drug-likeness (QED) is 0.463. The smallest absolute Gasteiger partial charge is 0.0594 e. The van der Waals surface area contributed by atoms with E-state index >= 15 is 0 Å². The molecule has 2 aromatic carbocycles. The fourth-order valence-corrected chi connectivity index (χ4v) is 5.08. The van der Waals surface area contributed by atoms with Crippen molar-refractivity contribution in [2.75, 3.05) is 32.8 Å². The van der Waals surface area contributed by atoms with Gasteiger partial charge in [0.05, 0.1) is 13.2 Å². The Morgan fingerprint density at radius 2 is 1.68 bits per heavy atom. The highest BCUT2D eigenvalue weighted by Gasteiger charge is 2.20. The number of hydrogen-bond donors (Lipinski definition) is 0. The first-order valence-corrected chi connectivity index (χ1v) is 11.3. The van der Waals surface area contributed by atoms with E-state index in [4.69, 9.17) is 4.74 Å². The van der Waals surface area contributed by atoms with Gasteiger partial charge in [0.2, 0.25) is 0 Å². The van der Waals surface area contributed by atoms with E-state index in [-0.39, 0.29) is 0 Å². The fraction of sp³-hybridized carbons (Fsp3) is 0.304. The first-order valence-electron chi connectivity index (χ1n) is 9.76. The molecule has 1 fully saturated rings. The van der Waals surface area contributed by atoms with Crippen LogP contribution >= 0.6 is 31.9 Å². The van der Waals surface area contributed by atoms with Gasteiger partial charge in [0.15, 0.2) is 0 Å². The molecule has 0 N–H and O–H groups in total. The predicted octanol–water partition coefficient (Wildman–Crippen LogP) is 5.60. The Balaban J connectivity index is 1.51. The summed E-state index contributed by atoms with van der Waals surface area (Å²) in [4.78, 5) is 2.51. The summed E-state index contributed by atoms with van der Waals surface area (Å²) in [6, 6.07) is 15.5. The molecule has 0 spiro atoms. The number of halogens is 2. The van der Waals surface area contributed by atoms with Crippen molar-refractivity contribution in [2.45, 2.75) is 13.0 Å². The second-order valence-corrected chi connectivity index (χ2v) is 9.36. The molecule has 1 aliphatic heterocycles. The van der Waals surface area contributed by atoms with Crippen LogP contribution in [0.5, 0.6) is 0 Å². The summed E-state index contributed by atoms with van der Waals surface area (Å²) in [5.41, 5.74) is 6.79. The molecule has 3 aromatic rings. The van der Waals surface area contributed by atoms with Crippen LogP contribution in [-0.4, -0.2) is 42.3 Å². The van der Waals surface area contributed by atoms with E-state index in [1.54, 1.807) is 0 Å². The van der Waals surface area contributed by atoms with Crippen LogP contribution in [-0.2, 0) is 17.7 Å². The number of hydrogen-bond acceptors (Lipinski definition) is 2. The second kappa shape index (κ2) is 7.79. The number of rotatable bonds is 4. The molecule has 144 valence electrons. The highest BCUT2D eigenvalue weighted by molar-refractivity contribution is 9.10. The number of benzene rings is 2. The van der Waals surface area contributed by atoms with Crippen LogP contribution in [0.2, 0.25) is 0 Å². The van der Waals surface area contributed by atoms with Crippen molar-refractivity contribution < 1.29 is 4.74 Å². The standard InChI is InChI=1S/C23H22Br2N2O/c24-20-2-1-16-11-18(12-17(16)13-20)23-15-19-14-21(25)3-4-22(19)27(23)6-5-26-7-9-28-10-8-26/h1-4,11,13-15H,5-10,12H2. The SMILES string of the molecule is Brc1ccc2c(c1)CC(c1cc3cc(Br)ccc3n1CCN1CCOCC1)=C2. The molecule has 0 radical (unpaired) electrons. The second-order valence-electron chi connectivity index (χ2n) is 7.53. The third-order valence-corrected chi connectivity index (χ3v) is 6.74. The Labute approximate surface area is 182 Å². The van der Waals surface area contributed by atoms with E-state index in [0.29, 0.717) is 0 Å². The Morgan fingerprint density at radius 3 is 2.54 bits per heavy atom. The summed E-state index contributed by atoms with van der Waals surface area (Å²) in [5, 5.41) is 1.30. The zero-order valence-electron chi connectivity index (χ0n) is 15.6. The van der Waals surface area contributed by atoms with Crippen LogP contribution in [0.25, 0.3) is 22.6 Å². The van der Waals surface area contributed by atoms with E-state index in [1.807, 2.05) is 0 Å². The maximum Gasteiger partial charge on any atom is 0.0594 e. The molecule has 0 bridgehead atoms. The fourth-order valence-electron chi connectivity index (χ4n) is 4.29. The van der Waals surface area contributed by atoms with E-state index in [9.17, 15) is 0 Å². The summed E-state index contributed by atoms with van der Waals surface area (Å²) in [7, 11) is 0. The van der Waals surface area contributed by atoms with Crippen molar-refractivity contribution in [3.63, 3.8) is 0 Å². The molecule has 0 amide bonds. The van der Waals surface area contributed by atoms with Gasteiger partial charge >= 0.3 is 0 Å². The van der Waals surface area contributed by atoms with Crippen molar-refractivity contribution >= 4 is 54.4 Å². The molecule has 0 atom stereocenters. The molecule has 1 saturated heterocycles. The van der Waals surface area contributed by atoms with Gasteiger partial charge in [-0.25, -0.2) is 0 Å². The maximum absolute atomic E-state index is 5.50. The molecule has 28 heavy (non-hydrogen) atoms. The van der Waals surface area contributed by atoms with Crippen molar-refractivity contribution in [3.8, 4) is 0 Å². The van der Waals surface area contributed by atoms with Gasteiger partial charge in [-0.1, -0.05) is 37.9 Å². The van der Waals surface area contributed by atoms with Gasteiger partial charge in [0.1, 0.15) is 0 Å². The lowest BCUT2D eigenvalue weighted by molar-refractivity contribution is 0.0365. The summed E-state index contributed by atoms with van der Waals surface area (Å²) >= 11 is 7.24. The summed E-state index contributed by atoms with van der Waals surface area (Å²) in [6.45, 7) is 5.81. The first-order chi connectivity index (χ1) is 13.7. The minimum Gasteiger partial charge on any atom is -0.379 e. The molecule has 2 heterocycles. The minimum atomic E-state index is 0.849. The van der Waals surface area contributed by atoms with Crippen LogP contribution in [0.3, 0.4) is 0 Å². The molecule has 0 unspecified atom stereocenters. The van der Waals surface area contributed by atoms with Crippen LogP contribution in [0.1, 0.15) is 16.8 Å². The number of morpholine rings is 1. The Kier molecular flexibility index (Phi) is 5.18. The molecule has 0 saturated carbocycles. The predicted molar refractivity (Wildman–Crippen MR) is 123 cm³/mol. The largest absolute Gasteiger partial charge is 0.379 e. The normalized spacial score (nSPS) is 17.1. The number of fused-ring (bicyclic) bond motifs is 2. The van der Waals surface area contributed by atoms with Gasteiger partial charge in [0.25, 0.3) is 0 Å². The first kappa shape index (κ1) is 18.6. The summed E-state index contributed by atoms with van der Waals surface area (Å²) < 4.78 is 10.3. The molecule has 1 aromatic heterocycles. The van der Waals surface area contributed by atoms with Crippen LogP contribution in [0.4, 0.5) is 0 Å². The summed E-state index contributed by atoms with van der Waals surface area (Å²) in [6.07, 6.45) is 3.35. The summed E-state index contributed by atoms with van der Waals surface area (Å²) in [5.74, 6) is 0. The van der Waals surface area contributed by atoms with Gasteiger partial charge in [-0.3, -0.25) is 4.90 Å². The minimum absolute atomic E-state index is 0.849. The Bertz CT molecular complexity index is 1060. The van der Waals surface area contributed by atoms with Gasteiger partial charge in [-0.15, -0.1) is 0 Å². The van der Waals surface area contributed by atoms with Crippen molar-refractivity contribution in [1.82, 2.24) is 9.47 Å².